The van der Waals surface area contributed by atoms with Gasteiger partial charge in [0.15, 0.2) is 0 Å². The van der Waals surface area contributed by atoms with Gasteiger partial charge in [0.05, 0.1) is 6.61 Å². The number of benzene rings is 1. The molecule has 0 saturated heterocycles. The van der Waals surface area contributed by atoms with Crippen molar-refractivity contribution in [2.75, 3.05) is 13.7 Å². The van der Waals surface area contributed by atoms with Crippen LogP contribution in [0.1, 0.15) is 30.5 Å². The van der Waals surface area contributed by atoms with E-state index in [-0.39, 0.29) is 18.4 Å². The predicted molar refractivity (Wildman–Crippen MR) is 68.9 cm³/mol. The van der Waals surface area contributed by atoms with Crippen molar-refractivity contribution in [2.24, 2.45) is 5.92 Å². The van der Waals surface area contributed by atoms with E-state index in [1.807, 2.05) is 26.1 Å². The third-order valence-corrected chi connectivity index (χ3v) is 3.45. The summed E-state index contributed by atoms with van der Waals surface area (Å²) in [7, 11) is 1.87. The van der Waals surface area contributed by atoms with Gasteiger partial charge in [-0.2, -0.15) is 0 Å². The summed E-state index contributed by atoms with van der Waals surface area (Å²) in [5.41, 5.74) is 2.35. The molecule has 1 aliphatic rings. The summed E-state index contributed by atoms with van der Waals surface area (Å²) in [6.07, 6.45) is 1.10. The fourth-order valence-electron chi connectivity index (χ4n) is 2.57. The second kappa shape index (κ2) is 5.40. The van der Waals surface area contributed by atoms with E-state index in [1.54, 1.807) is 0 Å². The van der Waals surface area contributed by atoms with Gasteiger partial charge in [0.25, 0.3) is 0 Å². The minimum Gasteiger partial charge on any atom is -0.493 e. The molecule has 1 aromatic carbocycles. The van der Waals surface area contributed by atoms with Crippen LogP contribution < -0.4 is 10.1 Å². The number of nitrogens with one attached hydrogen (secondary N) is 1. The van der Waals surface area contributed by atoms with Crippen LogP contribution in [-0.2, 0) is 11.2 Å². The SMILES string of the molecule is CNC(c1ccc2c(c1)CCO2)C(C)CC(=O)O. The monoisotopic (exact) mass is 249 g/mol. The number of fused-ring (bicyclic) bond motifs is 1. The van der Waals surface area contributed by atoms with Crippen LogP contribution in [0.15, 0.2) is 18.2 Å². The summed E-state index contributed by atoms with van der Waals surface area (Å²) in [5.74, 6) is 0.250. The van der Waals surface area contributed by atoms with E-state index in [4.69, 9.17) is 9.84 Å². The Morgan fingerprint density at radius 2 is 2.33 bits per heavy atom. The summed E-state index contributed by atoms with van der Waals surface area (Å²) >= 11 is 0. The maximum atomic E-state index is 10.8. The normalized spacial score (nSPS) is 16.8. The summed E-state index contributed by atoms with van der Waals surface area (Å²) in [6, 6.07) is 6.19. The van der Waals surface area contributed by atoms with E-state index < -0.39 is 5.97 Å². The average molecular weight is 249 g/mol. The zero-order valence-electron chi connectivity index (χ0n) is 10.8. The molecule has 0 radical (unpaired) electrons. The molecule has 0 saturated carbocycles. The van der Waals surface area contributed by atoms with Crippen molar-refractivity contribution in [1.29, 1.82) is 0 Å². The molecule has 0 aliphatic carbocycles. The molecule has 1 aliphatic heterocycles. The largest absolute Gasteiger partial charge is 0.493 e. The molecule has 2 N–H and O–H groups in total. The number of ether oxygens (including phenoxy) is 1. The topological polar surface area (TPSA) is 58.6 Å². The maximum Gasteiger partial charge on any atom is 0.303 e. The van der Waals surface area contributed by atoms with Gasteiger partial charge in [-0.05, 0) is 30.2 Å². The number of aliphatic carboxylic acids is 1. The first-order chi connectivity index (χ1) is 8.61. The highest BCUT2D eigenvalue weighted by Gasteiger charge is 2.22. The molecule has 98 valence electrons. The van der Waals surface area contributed by atoms with E-state index in [1.165, 1.54) is 5.56 Å². The van der Waals surface area contributed by atoms with E-state index in [9.17, 15) is 4.79 Å². The van der Waals surface area contributed by atoms with E-state index in [2.05, 4.69) is 11.4 Å². The minimum atomic E-state index is -0.757. The smallest absolute Gasteiger partial charge is 0.303 e. The van der Waals surface area contributed by atoms with Crippen LogP contribution in [0.5, 0.6) is 5.75 Å². The molecule has 0 bridgehead atoms. The van der Waals surface area contributed by atoms with Crippen LogP contribution in [0.25, 0.3) is 0 Å². The molecule has 0 aromatic heterocycles. The number of hydrogen-bond donors (Lipinski definition) is 2. The molecule has 0 fully saturated rings. The number of hydrogen-bond acceptors (Lipinski definition) is 3. The maximum absolute atomic E-state index is 10.8. The number of rotatable bonds is 5. The van der Waals surface area contributed by atoms with Crippen molar-refractivity contribution in [1.82, 2.24) is 5.32 Å². The second-order valence-electron chi connectivity index (χ2n) is 4.81. The summed E-state index contributed by atoms with van der Waals surface area (Å²) < 4.78 is 5.48. The standard InChI is InChI=1S/C14H19NO3/c1-9(7-13(16)17)14(15-2)11-3-4-12-10(8-11)5-6-18-12/h3-4,8-9,14-15H,5-7H2,1-2H3,(H,16,17). The average Bonchev–Trinajstić information content (AvgIpc) is 2.76. The summed E-state index contributed by atoms with van der Waals surface area (Å²) in [5, 5.41) is 12.1. The number of carbonyl (C=O) groups is 1. The van der Waals surface area contributed by atoms with E-state index in [0.29, 0.717) is 0 Å². The Kier molecular flexibility index (Phi) is 3.87. The van der Waals surface area contributed by atoms with Gasteiger partial charge in [-0.1, -0.05) is 19.1 Å². The lowest BCUT2D eigenvalue weighted by Gasteiger charge is -2.23. The molecule has 4 heteroatoms. The highest BCUT2D eigenvalue weighted by molar-refractivity contribution is 5.67. The lowest BCUT2D eigenvalue weighted by molar-refractivity contribution is -0.138. The van der Waals surface area contributed by atoms with E-state index in [0.717, 1.165) is 24.3 Å². The molecule has 1 aromatic rings. The minimum absolute atomic E-state index is 0.0490. The van der Waals surface area contributed by atoms with Crippen LogP contribution in [0.2, 0.25) is 0 Å². The summed E-state index contributed by atoms with van der Waals surface area (Å²) in [6.45, 7) is 2.70. The first kappa shape index (κ1) is 12.9. The Labute approximate surface area is 107 Å². The second-order valence-corrected chi connectivity index (χ2v) is 4.81. The Bertz CT molecular complexity index is 445. The van der Waals surface area contributed by atoms with Gasteiger partial charge < -0.3 is 15.2 Å². The highest BCUT2D eigenvalue weighted by atomic mass is 16.5. The first-order valence-corrected chi connectivity index (χ1v) is 6.26. The molecule has 0 amide bonds. The zero-order valence-corrected chi connectivity index (χ0v) is 10.8. The van der Waals surface area contributed by atoms with Crippen LogP contribution >= 0.6 is 0 Å². The van der Waals surface area contributed by atoms with Crippen molar-refractivity contribution in [3.05, 3.63) is 29.3 Å². The molecule has 0 spiro atoms. The van der Waals surface area contributed by atoms with Gasteiger partial charge in [-0.3, -0.25) is 4.79 Å². The fraction of sp³-hybridized carbons (Fsp3) is 0.500. The van der Waals surface area contributed by atoms with Gasteiger partial charge >= 0.3 is 5.97 Å². The van der Waals surface area contributed by atoms with E-state index >= 15 is 0 Å². The third-order valence-electron chi connectivity index (χ3n) is 3.45. The summed E-state index contributed by atoms with van der Waals surface area (Å²) in [4.78, 5) is 10.8. The van der Waals surface area contributed by atoms with Crippen molar-refractivity contribution >= 4 is 5.97 Å². The number of carboxylic acids is 1. The highest BCUT2D eigenvalue weighted by Crippen LogP contribution is 2.31. The first-order valence-electron chi connectivity index (χ1n) is 6.26. The van der Waals surface area contributed by atoms with Crippen molar-refractivity contribution in [2.45, 2.75) is 25.8 Å². The van der Waals surface area contributed by atoms with Gasteiger partial charge in [0.1, 0.15) is 5.75 Å². The van der Waals surface area contributed by atoms with Crippen LogP contribution in [0.3, 0.4) is 0 Å². The Balaban J connectivity index is 2.19. The van der Waals surface area contributed by atoms with Gasteiger partial charge in [-0.25, -0.2) is 0 Å². The molecular weight excluding hydrogens is 230 g/mol. The lowest BCUT2D eigenvalue weighted by Crippen LogP contribution is -2.25. The zero-order chi connectivity index (χ0) is 13.1. The van der Waals surface area contributed by atoms with Crippen LogP contribution in [0.4, 0.5) is 0 Å². The molecule has 2 atom stereocenters. The van der Waals surface area contributed by atoms with Gasteiger partial charge in [0, 0.05) is 18.9 Å². The third kappa shape index (κ3) is 2.64. The quantitative estimate of drug-likeness (QED) is 0.838. The predicted octanol–water partition coefficient (Wildman–Crippen LogP) is 1.99. The molecule has 1 heterocycles. The Morgan fingerprint density at radius 1 is 1.56 bits per heavy atom. The van der Waals surface area contributed by atoms with Crippen molar-refractivity contribution in [3.63, 3.8) is 0 Å². The Hall–Kier alpha value is -1.55. The molecule has 2 unspecified atom stereocenters. The van der Waals surface area contributed by atoms with Crippen molar-refractivity contribution in [3.8, 4) is 5.75 Å². The number of carboxylic acid groups (broad SMARTS) is 1. The molecule has 2 rings (SSSR count). The lowest BCUT2D eigenvalue weighted by atomic mass is 9.91. The van der Waals surface area contributed by atoms with Crippen molar-refractivity contribution < 1.29 is 14.6 Å². The van der Waals surface area contributed by atoms with Gasteiger partial charge in [0.2, 0.25) is 0 Å². The Morgan fingerprint density at radius 3 is 3.00 bits per heavy atom. The fourth-order valence-corrected chi connectivity index (χ4v) is 2.57. The van der Waals surface area contributed by atoms with Crippen LogP contribution in [0, 0.1) is 5.92 Å². The van der Waals surface area contributed by atoms with Gasteiger partial charge in [-0.15, -0.1) is 0 Å². The molecular formula is C14H19NO3. The molecule has 4 nitrogen and oxygen atoms in total. The molecule has 18 heavy (non-hydrogen) atoms. The van der Waals surface area contributed by atoms with Crippen LogP contribution in [-0.4, -0.2) is 24.7 Å².